The molecule has 0 amide bonds. The summed E-state index contributed by atoms with van der Waals surface area (Å²) in [7, 11) is -3.22. The van der Waals surface area contributed by atoms with Crippen LogP contribution in [0.2, 0.25) is 0 Å². The molecule has 0 radical (unpaired) electrons. The first-order valence-electron chi connectivity index (χ1n) is 10.9. The van der Waals surface area contributed by atoms with Crippen molar-refractivity contribution in [3.63, 3.8) is 0 Å². The van der Waals surface area contributed by atoms with Crippen molar-refractivity contribution in [2.45, 2.75) is 11.1 Å². The lowest BCUT2D eigenvalue weighted by atomic mass is 10.2. The maximum atomic E-state index is 13.0. The van der Waals surface area contributed by atoms with Gasteiger partial charge in [0.2, 0.25) is 0 Å². The van der Waals surface area contributed by atoms with Crippen LogP contribution in [0.15, 0.2) is 65.7 Å². The number of alkyl halides is 3. The Labute approximate surface area is 200 Å². The highest BCUT2D eigenvalue weighted by atomic mass is 32.2. The van der Waals surface area contributed by atoms with Crippen LogP contribution in [0.1, 0.15) is 5.56 Å². The number of nitrogens with one attached hydrogen (secondary N) is 1. The van der Waals surface area contributed by atoms with Gasteiger partial charge in [-0.25, -0.2) is 18.4 Å². The number of H-pyrrole nitrogens is 1. The van der Waals surface area contributed by atoms with Gasteiger partial charge in [0.25, 0.3) is 0 Å². The fourth-order valence-electron chi connectivity index (χ4n) is 4.13. The number of pyridine rings is 1. The third kappa shape index (κ3) is 4.81. The molecule has 11 heteroatoms. The number of piperazine rings is 1. The van der Waals surface area contributed by atoms with Crippen LogP contribution in [0.4, 0.5) is 24.7 Å². The van der Waals surface area contributed by atoms with Gasteiger partial charge in [-0.3, -0.25) is 0 Å². The Morgan fingerprint density at radius 2 is 1.60 bits per heavy atom. The van der Waals surface area contributed by atoms with Gasteiger partial charge in [0.05, 0.1) is 21.5 Å². The average Bonchev–Trinajstić information content (AvgIpc) is 3.27. The molecule has 2 aromatic heterocycles. The molecular weight excluding hydrogens is 479 g/mol. The van der Waals surface area contributed by atoms with E-state index in [0.29, 0.717) is 21.8 Å². The predicted molar refractivity (Wildman–Crippen MR) is 128 cm³/mol. The first kappa shape index (κ1) is 23.2. The second kappa shape index (κ2) is 8.56. The van der Waals surface area contributed by atoms with E-state index >= 15 is 0 Å². The van der Waals surface area contributed by atoms with E-state index in [1.807, 2.05) is 24.3 Å². The van der Waals surface area contributed by atoms with Crippen molar-refractivity contribution in [2.24, 2.45) is 0 Å². The Morgan fingerprint density at radius 3 is 2.20 bits per heavy atom. The number of anilines is 2. The summed E-state index contributed by atoms with van der Waals surface area (Å²) in [5.74, 6) is 1.26. The summed E-state index contributed by atoms with van der Waals surface area (Å²) in [5.41, 5.74) is 1.70. The number of nitrogens with zero attached hydrogens (tertiary/aromatic N) is 4. The summed E-state index contributed by atoms with van der Waals surface area (Å²) in [6.07, 6.45) is -1.56. The van der Waals surface area contributed by atoms with Crippen molar-refractivity contribution in [2.75, 3.05) is 42.2 Å². The fraction of sp³-hybridized carbons (Fsp3) is 0.250. The zero-order chi connectivity index (χ0) is 24.8. The highest BCUT2D eigenvalue weighted by Gasteiger charge is 2.30. The Hall–Kier alpha value is -3.60. The van der Waals surface area contributed by atoms with Crippen molar-refractivity contribution in [1.82, 2.24) is 15.0 Å². The second-order valence-corrected chi connectivity index (χ2v) is 10.5. The van der Waals surface area contributed by atoms with Crippen LogP contribution in [-0.4, -0.2) is 55.8 Å². The van der Waals surface area contributed by atoms with Gasteiger partial charge in [0, 0.05) is 49.9 Å². The van der Waals surface area contributed by atoms with Crippen molar-refractivity contribution < 1.29 is 21.6 Å². The lowest BCUT2D eigenvalue weighted by Crippen LogP contribution is -2.46. The van der Waals surface area contributed by atoms with Gasteiger partial charge < -0.3 is 14.8 Å². The molecular formula is C24H22F3N5O2S. The van der Waals surface area contributed by atoms with Crippen molar-refractivity contribution in [3.8, 4) is 11.4 Å². The number of halogens is 3. The average molecular weight is 502 g/mol. The second-order valence-electron chi connectivity index (χ2n) is 8.46. The van der Waals surface area contributed by atoms with E-state index in [1.165, 1.54) is 12.3 Å². The lowest BCUT2D eigenvalue weighted by Gasteiger charge is -2.36. The van der Waals surface area contributed by atoms with Crippen molar-refractivity contribution in [3.05, 3.63) is 66.4 Å². The number of aromatic nitrogens is 3. The standard InChI is InChI=1S/C24H22F3N5O2S/c1-35(33,34)19-6-4-18(5-7-19)31-10-12-32(13-11-31)22-9-2-16(15-28-22)23-29-20-8-3-17(24(25,26)27)14-21(20)30-23/h2-9,14-15H,10-13H2,1H3,(H,29,30). The van der Waals surface area contributed by atoms with Gasteiger partial charge in [-0.1, -0.05) is 0 Å². The largest absolute Gasteiger partial charge is 0.416 e. The highest BCUT2D eigenvalue weighted by Crippen LogP contribution is 2.32. The molecule has 0 unspecified atom stereocenters. The number of sulfone groups is 1. The number of hydrogen-bond acceptors (Lipinski definition) is 6. The van der Waals surface area contributed by atoms with Gasteiger partial charge in [-0.2, -0.15) is 13.2 Å². The quantitative estimate of drug-likeness (QED) is 0.447. The summed E-state index contributed by atoms with van der Waals surface area (Å²) in [4.78, 5) is 16.6. The lowest BCUT2D eigenvalue weighted by molar-refractivity contribution is -0.137. The normalized spacial score (nSPS) is 15.1. The third-order valence-corrected chi connectivity index (χ3v) is 7.19. The number of imidazole rings is 1. The minimum atomic E-state index is -4.42. The SMILES string of the molecule is CS(=O)(=O)c1ccc(N2CCN(c3ccc(-c4nc5cc(C(F)(F)F)ccc5[nH]4)cn3)CC2)cc1. The van der Waals surface area contributed by atoms with E-state index in [-0.39, 0.29) is 5.52 Å². The number of rotatable bonds is 4. The van der Waals surface area contributed by atoms with Gasteiger partial charge >= 0.3 is 6.18 Å². The predicted octanol–water partition coefficient (Wildman–Crippen LogP) is 4.37. The Kier molecular flexibility index (Phi) is 5.66. The van der Waals surface area contributed by atoms with E-state index in [1.54, 1.807) is 18.3 Å². The number of benzene rings is 2. The first-order valence-corrected chi connectivity index (χ1v) is 12.8. The maximum absolute atomic E-state index is 13.0. The van der Waals surface area contributed by atoms with Gasteiger partial charge in [-0.05, 0) is 54.6 Å². The molecule has 0 saturated carbocycles. The summed E-state index contributed by atoms with van der Waals surface area (Å²) < 4.78 is 62.2. The van der Waals surface area contributed by atoms with Crippen LogP contribution >= 0.6 is 0 Å². The molecule has 3 heterocycles. The molecule has 1 aliphatic rings. The molecule has 0 spiro atoms. The molecule has 0 atom stereocenters. The highest BCUT2D eigenvalue weighted by molar-refractivity contribution is 7.90. The van der Waals surface area contributed by atoms with E-state index in [0.717, 1.165) is 49.8 Å². The monoisotopic (exact) mass is 501 g/mol. The summed E-state index contributed by atoms with van der Waals surface area (Å²) >= 11 is 0. The van der Waals surface area contributed by atoms with Crippen molar-refractivity contribution in [1.29, 1.82) is 0 Å². The summed E-state index contributed by atoms with van der Waals surface area (Å²) in [5, 5.41) is 0. The molecule has 7 nitrogen and oxygen atoms in total. The molecule has 182 valence electrons. The molecule has 0 aliphatic carbocycles. The van der Waals surface area contributed by atoms with Crippen LogP contribution in [0.25, 0.3) is 22.4 Å². The summed E-state index contributed by atoms with van der Waals surface area (Å²) in [6, 6.07) is 14.1. The van der Waals surface area contributed by atoms with Gasteiger partial charge in [0.15, 0.2) is 9.84 Å². The first-order chi connectivity index (χ1) is 16.6. The van der Waals surface area contributed by atoms with E-state index in [9.17, 15) is 21.6 Å². The number of fused-ring (bicyclic) bond motifs is 1. The van der Waals surface area contributed by atoms with E-state index < -0.39 is 21.6 Å². The summed E-state index contributed by atoms with van der Waals surface area (Å²) in [6.45, 7) is 3.00. The topological polar surface area (TPSA) is 82.2 Å². The zero-order valence-electron chi connectivity index (χ0n) is 18.7. The molecule has 5 rings (SSSR count). The maximum Gasteiger partial charge on any atom is 0.416 e. The fourth-order valence-corrected chi connectivity index (χ4v) is 4.76. The molecule has 1 fully saturated rings. The molecule has 2 aromatic carbocycles. The number of aromatic amines is 1. The Balaban J connectivity index is 1.26. The van der Waals surface area contributed by atoms with Crippen LogP contribution in [-0.2, 0) is 16.0 Å². The van der Waals surface area contributed by atoms with Gasteiger partial charge in [-0.15, -0.1) is 0 Å². The van der Waals surface area contributed by atoms with Gasteiger partial charge in [0.1, 0.15) is 11.6 Å². The molecule has 1 aliphatic heterocycles. The minimum Gasteiger partial charge on any atom is -0.368 e. The van der Waals surface area contributed by atoms with Crippen LogP contribution in [0, 0.1) is 0 Å². The molecule has 4 aromatic rings. The smallest absolute Gasteiger partial charge is 0.368 e. The number of hydrogen-bond donors (Lipinski definition) is 1. The Bertz CT molecular complexity index is 1460. The third-order valence-electron chi connectivity index (χ3n) is 6.07. The molecule has 1 N–H and O–H groups in total. The molecule has 1 saturated heterocycles. The van der Waals surface area contributed by atoms with E-state index in [2.05, 4.69) is 24.8 Å². The van der Waals surface area contributed by atoms with E-state index in [4.69, 9.17) is 0 Å². The zero-order valence-corrected chi connectivity index (χ0v) is 19.6. The Morgan fingerprint density at radius 1 is 0.914 bits per heavy atom. The molecule has 35 heavy (non-hydrogen) atoms. The van der Waals surface area contributed by atoms with Crippen LogP contribution < -0.4 is 9.80 Å². The molecule has 0 bridgehead atoms. The van der Waals surface area contributed by atoms with Crippen LogP contribution in [0.3, 0.4) is 0 Å². The van der Waals surface area contributed by atoms with Crippen LogP contribution in [0.5, 0.6) is 0 Å². The van der Waals surface area contributed by atoms with Crippen molar-refractivity contribution >= 4 is 32.4 Å². The minimum absolute atomic E-state index is 0.250.